The second kappa shape index (κ2) is 8.49. The fraction of sp³-hybridized carbons (Fsp3) is 0.0952. The zero-order valence-corrected chi connectivity index (χ0v) is 16.6. The van der Waals surface area contributed by atoms with Gasteiger partial charge in [-0.15, -0.1) is 0 Å². The number of hydrogen-bond donors (Lipinski definition) is 2. The molecule has 158 valence electrons. The molecule has 0 unspecified atom stereocenters. The maximum Gasteiger partial charge on any atom is 0.289 e. The van der Waals surface area contributed by atoms with Gasteiger partial charge in [-0.2, -0.15) is 5.26 Å². The van der Waals surface area contributed by atoms with Crippen LogP contribution in [0.15, 0.2) is 55.0 Å². The molecule has 2 aromatic heterocycles. The predicted octanol–water partition coefficient (Wildman–Crippen LogP) is 1.59. The Hall–Kier alpha value is -4.85. The first-order valence-electron chi connectivity index (χ1n) is 9.40. The van der Waals surface area contributed by atoms with Crippen molar-refractivity contribution in [3.63, 3.8) is 0 Å². The third kappa shape index (κ3) is 3.80. The van der Waals surface area contributed by atoms with Gasteiger partial charge in [0.05, 0.1) is 17.8 Å². The van der Waals surface area contributed by atoms with Crippen molar-refractivity contribution in [2.45, 2.75) is 0 Å². The first-order chi connectivity index (χ1) is 15.5. The minimum absolute atomic E-state index is 0.0464. The molecule has 11 heteroatoms. The lowest BCUT2D eigenvalue weighted by molar-refractivity contribution is 0.0959. The molecule has 2 amide bonds. The van der Waals surface area contributed by atoms with Crippen LogP contribution in [0.5, 0.6) is 0 Å². The SMILES string of the molecule is N#Cc1ccc(N(C(=O)c2nccnc2C(N)=O)c2ccc(N3CCOC3=N)cc2)nc1. The summed E-state index contributed by atoms with van der Waals surface area (Å²) in [5.74, 6) is -1.36. The lowest BCUT2D eigenvalue weighted by Gasteiger charge is -2.23. The number of hydrogen-bond acceptors (Lipinski definition) is 8. The molecule has 4 rings (SSSR count). The van der Waals surface area contributed by atoms with E-state index in [1.165, 1.54) is 35.6 Å². The van der Waals surface area contributed by atoms with Crippen LogP contribution >= 0.6 is 0 Å². The molecule has 0 atom stereocenters. The van der Waals surface area contributed by atoms with Gasteiger partial charge >= 0.3 is 0 Å². The van der Waals surface area contributed by atoms with Crippen LogP contribution in [-0.2, 0) is 4.74 Å². The van der Waals surface area contributed by atoms with Gasteiger partial charge in [0.2, 0.25) is 0 Å². The van der Waals surface area contributed by atoms with Gasteiger partial charge in [-0.05, 0) is 36.4 Å². The van der Waals surface area contributed by atoms with Crippen LogP contribution in [0, 0.1) is 16.7 Å². The van der Waals surface area contributed by atoms with E-state index in [0.717, 1.165) is 0 Å². The number of amides is 2. The summed E-state index contributed by atoms with van der Waals surface area (Å²) in [6.45, 7) is 0.961. The Labute approximate surface area is 182 Å². The van der Waals surface area contributed by atoms with Gasteiger partial charge in [0, 0.05) is 24.3 Å². The van der Waals surface area contributed by atoms with Gasteiger partial charge in [0.15, 0.2) is 11.4 Å². The number of aromatic nitrogens is 3. The number of pyridine rings is 1. The third-order valence-electron chi connectivity index (χ3n) is 4.66. The van der Waals surface area contributed by atoms with Crippen molar-refractivity contribution < 1.29 is 14.3 Å². The average molecular weight is 428 g/mol. The molecule has 0 spiro atoms. The molecule has 1 saturated heterocycles. The summed E-state index contributed by atoms with van der Waals surface area (Å²) >= 11 is 0. The Balaban J connectivity index is 1.78. The molecular weight excluding hydrogens is 412 g/mol. The van der Waals surface area contributed by atoms with Gasteiger partial charge in [-0.25, -0.2) is 15.0 Å². The molecule has 0 radical (unpaired) electrons. The fourth-order valence-corrected chi connectivity index (χ4v) is 3.16. The number of primary amides is 1. The van der Waals surface area contributed by atoms with Crippen molar-refractivity contribution in [1.29, 1.82) is 10.7 Å². The molecule has 3 heterocycles. The van der Waals surface area contributed by atoms with Gasteiger partial charge < -0.3 is 10.5 Å². The zero-order chi connectivity index (χ0) is 22.7. The normalized spacial score (nSPS) is 12.7. The standard InChI is InChI=1S/C21H16N8O3/c22-11-13-1-6-16(27-12-13)29(20(31)18-17(19(23)30)25-7-8-26-18)15-4-2-14(3-5-15)28-9-10-32-21(28)24/h1-8,12,24H,9-10H2,(H2,23,30). The largest absolute Gasteiger partial charge is 0.463 e. The smallest absolute Gasteiger partial charge is 0.289 e. The number of nitrogens with two attached hydrogens (primary N) is 1. The lowest BCUT2D eigenvalue weighted by atomic mass is 10.2. The molecule has 1 aliphatic heterocycles. The van der Waals surface area contributed by atoms with E-state index in [1.54, 1.807) is 29.2 Å². The highest BCUT2D eigenvalue weighted by Crippen LogP contribution is 2.29. The molecule has 1 aliphatic rings. The summed E-state index contributed by atoms with van der Waals surface area (Å²) in [5.41, 5.74) is 6.33. The van der Waals surface area contributed by atoms with E-state index < -0.39 is 11.8 Å². The average Bonchev–Trinajstić information content (AvgIpc) is 3.26. The topological polar surface area (TPSA) is 162 Å². The number of rotatable bonds is 5. The minimum atomic E-state index is -0.892. The van der Waals surface area contributed by atoms with Crippen LogP contribution < -0.4 is 15.5 Å². The summed E-state index contributed by atoms with van der Waals surface area (Å²) in [5, 5.41) is 16.9. The molecule has 1 fully saturated rings. The number of anilines is 3. The van der Waals surface area contributed by atoms with Crippen LogP contribution in [-0.4, -0.2) is 45.9 Å². The van der Waals surface area contributed by atoms with Crippen LogP contribution in [0.2, 0.25) is 0 Å². The molecule has 11 nitrogen and oxygen atoms in total. The molecule has 0 aliphatic carbocycles. The van der Waals surface area contributed by atoms with E-state index in [0.29, 0.717) is 30.1 Å². The number of carbonyl (C=O) groups is 2. The molecule has 0 saturated carbocycles. The van der Waals surface area contributed by atoms with Crippen LogP contribution in [0.4, 0.5) is 17.2 Å². The first kappa shape index (κ1) is 20.4. The highest BCUT2D eigenvalue weighted by molar-refractivity contribution is 6.13. The molecule has 1 aromatic carbocycles. The second-order valence-corrected chi connectivity index (χ2v) is 6.60. The second-order valence-electron chi connectivity index (χ2n) is 6.60. The summed E-state index contributed by atoms with van der Waals surface area (Å²) in [7, 11) is 0. The van der Waals surface area contributed by atoms with E-state index in [-0.39, 0.29) is 23.2 Å². The third-order valence-corrected chi connectivity index (χ3v) is 4.66. The predicted molar refractivity (Wildman–Crippen MR) is 113 cm³/mol. The lowest BCUT2D eigenvalue weighted by Crippen LogP contribution is -2.31. The van der Waals surface area contributed by atoms with Crippen LogP contribution in [0.3, 0.4) is 0 Å². The highest BCUT2D eigenvalue weighted by Gasteiger charge is 2.27. The van der Waals surface area contributed by atoms with E-state index in [9.17, 15) is 9.59 Å². The number of nitrogens with one attached hydrogen (secondary N) is 1. The van der Waals surface area contributed by atoms with Gasteiger partial charge in [0.1, 0.15) is 18.5 Å². The first-order valence-corrected chi connectivity index (χ1v) is 9.40. The van der Waals surface area contributed by atoms with Gasteiger partial charge in [0.25, 0.3) is 17.8 Å². The number of ether oxygens (including phenoxy) is 1. The molecule has 32 heavy (non-hydrogen) atoms. The van der Waals surface area contributed by atoms with Crippen LogP contribution in [0.25, 0.3) is 0 Å². The molecular formula is C21H16N8O3. The summed E-state index contributed by atoms with van der Waals surface area (Å²) in [6, 6.07) is 11.8. The van der Waals surface area contributed by atoms with Gasteiger partial charge in [-0.1, -0.05) is 0 Å². The Morgan fingerprint density at radius 3 is 2.38 bits per heavy atom. The summed E-state index contributed by atoms with van der Waals surface area (Å²) in [6.07, 6.45) is 3.88. The van der Waals surface area contributed by atoms with Gasteiger partial charge in [-0.3, -0.25) is 24.8 Å². The number of carbonyl (C=O) groups excluding carboxylic acids is 2. The Kier molecular flexibility index (Phi) is 5.42. The quantitative estimate of drug-likeness (QED) is 0.619. The number of nitrogens with zero attached hydrogens (tertiary/aromatic N) is 6. The van der Waals surface area contributed by atoms with E-state index in [1.807, 2.05) is 6.07 Å². The van der Waals surface area contributed by atoms with Crippen molar-refractivity contribution >= 4 is 35.0 Å². The number of nitriles is 1. The maximum absolute atomic E-state index is 13.5. The summed E-state index contributed by atoms with van der Waals surface area (Å²) in [4.78, 5) is 40.3. The Morgan fingerprint density at radius 1 is 1.09 bits per heavy atom. The van der Waals surface area contributed by atoms with Crippen molar-refractivity contribution in [1.82, 2.24) is 15.0 Å². The van der Waals surface area contributed by atoms with Crippen molar-refractivity contribution in [3.8, 4) is 6.07 Å². The van der Waals surface area contributed by atoms with Crippen molar-refractivity contribution in [3.05, 3.63) is 71.9 Å². The Morgan fingerprint density at radius 2 is 1.81 bits per heavy atom. The van der Waals surface area contributed by atoms with E-state index in [4.69, 9.17) is 21.1 Å². The van der Waals surface area contributed by atoms with Crippen LogP contribution in [0.1, 0.15) is 26.5 Å². The van der Waals surface area contributed by atoms with Crippen molar-refractivity contribution in [2.24, 2.45) is 5.73 Å². The molecule has 0 bridgehead atoms. The monoisotopic (exact) mass is 428 g/mol. The van der Waals surface area contributed by atoms with E-state index in [2.05, 4.69) is 15.0 Å². The number of benzene rings is 1. The highest BCUT2D eigenvalue weighted by atomic mass is 16.5. The zero-order valence-electron chi connectivity index (χ0n) is 16.6. The Bertz CT molecular complexity index is 1240. The van der Waals surface area contributed by atoms with E-state index >= 15 is 0 Å². The molecule has 3 aromatic rings. The maximum atomic E-state index is 13.5. The number of amidine groups is 1. The fourth-order valence-electron chi connectivity index (χ4n) is 3.16. The molecule has 3 N–H and O–H groups in total. The minimum Gasteiger partial charge on any atom is -0.463 e. The summed E-state index contributed by atoms with van der Waals surface area (Å²) < 4.78 is 5.17. The van der Waals surface area contributed by atoms with Crippen molar-refractivity contribution in [2.75, 3.05) is 23.0 Å².